The van der Waals surface area contributed by atoms with Crippen LogP contribution in [-0.4, -0.2) is 18.1 Å². The molecule has 3 N–H and O–H groups in total. The van der Waals surface area contributed by atoms with Gasteiger partial charge in [0, 0.05) is 5.69 Å². The molecule has 1 saturated carbocycles. The molecule has 118 valence electrons. The number of nitrogens with one attached hydrogen (secondary N) is 1. The zero-order chi connectivity index (χ0) is 14.4. The van der Waals surface area contributed by atoms with Crippen LogP contribution in [0.2, 0.25) is 0 Å². The molecule has 0 aliphatic heterocycles. The van der Waals surface area contributed by atoms with E-state index in [1.165, 1.54) is 32.1 Å². The van der Waals surface area contributed by atoms with Crippen LogP contribution < -0.4 is 11.1 Å². The number of anilines is 1. The molecule has 1 aliphatic rings. The van der Waals surface area contributed by atoms with Gasteiger partial charge in [0.15, 0.2) is 0 Å². The van der Waals surface area contributed by atoms with Crippen molar-refractivity contribution in [2.75, 3.05) is 5.32 Å². The van der Waals surface area contributed by atoms with Gasteiger partial charge in [0.25, 0.3) is 0 Å². The molecular formula is C16H25ClN2O2. The first kappa shape index (κ1) is 18.0. The monoisotopic (exact) mass is 312 g/mol. The van der Waals surface area contributed by atoms with Crippen LogP contribution in [-0.2, 0) is 16.1 Å². The maximum Gasteiger partial charge on any atom is 0.240 e. The van der Waals surface area contributed by atoms with Crippen molar-refractivity contribution in [2.45, 2.75) is 57.8 Å². The summed E-state index contributed by atoms with van der Waals surface area (Å²) in [7, 11) is 0. The van der Waals surface area contributed by atoms with Gasteiger partial charge in [-0.25, -0.2) is 0 Å². The Bertz CT molecular complexity index is 446. The summed E-state index contributed by atoms with van der Waals surface area (Å²) in [6.07, 6.45) is 6.61. The molecule has 5 heteroatoms. The number of nitrogens with two attached hydrogens (primary N) is 1. The largest absolute Gasteiger partial charge is 0.374 e. The minimum absolute atomic E-state index is 0. The van der Waals surface area contributed by atoms with E-state index in [1.54, 1.807) is 6.92 Å². The standard InChI is InChI=1S/C16H24N2O2.ClH/c1-12(17)16(19)18-14-7-5-6-13(10-14)11-20-15-8-3-2-4-9-15;/h5-7,10,12,15H,2-4,8-9,11,17H2,1H3,(H,18,19);1H/t12-;/m0./s1. The van der Waals surface area contributed by atoms with Crippen molar-refractivity contribution in [3.63, 3.8) is 0 Å². The maximum atomic E-state index is 11.6. The van der Waals surface area contributed by atoms with Crippen molar-refractivity contribution in [3.05, 3.63) is 29.8 Å². The van der Waals surface area contributed by atoms with E-state index < -0.39 is 6.04 Å². The van der Waals surface area contributed by atoms with Gasteiger partial charge in [-0.15, -0.1) is 12.4 Å². The Morgan fingerprint density at radius 1 is 1.38 bits per heavy atom. The first-order valence-electron chi connectivity index (χ1n) is 7.42. The fourth-order valence-corrected chi connectivity index (χ4v) is 2.44. The van der Waals surface area contributed by atoms with Crippen molar-refractivity contribution in [2.24, 2.45) is 5.73 Å². The Hall–Kier alpha value is -1.10. The van der Waals surface area contributed by atoms with E-state index in [1.807, 2.05) is 24.3 Å². The number of hydrogen-bond acceptors (Lipinski definition) is 3. The number of ether oxygens (including phenoxy) is 1. The highest BCUT2D eigenvalue weighted by Gasteiger charge is 2.14. The van der Waals surface area contributed by atoms with Crippen LogP contribution in [0.25, 0.3) is 0 Å². The normalized spacial score (nSPS) is 16.9. The van der Waals surface area contributed by atoms with Gasteiger partial charge in [-0.2, -0.15) is 0 Å². The zero-order valence-corrected chi connectivity index (χ0v) is 13.3. The van der Waals surface area contributed by atoms with Crippen molar-refractivity contribution in [1.29, 1.82) is 0 Å². The quantitative estimate of drug-likeness (QED) is 0.877. The number of hydrogen-bond donors (Lipinski definition) is 2. The maximum absolute atomic E-state index is 11.6. The fraction of sp³-hybridized carbons (Fsp3) is 0.562. The summed E-state index contributed by atoms with van der Waals surface area (Å²) < 4.78 is 5.94. The molecule has 1 atom stereocenters. The van der Waals surface area contributed by atoms with E-state index in [4.69, 9.17) is 10.5 Å². The number of benzene rings is 1. The second kappa shape index (κ2) is 9.03. The van der Waals surface area contributed by atoms with Gasteiger partial charge in [-0.3, -0.25) is 4.79 Å². The van der Waals surface area contributed by atoms with E-state index >= 15 is 0 Å². The van der Waals surface area contributed by atoms with Crippen LogP contribution in [0.5, 0.6) is 0 Å². The van der Waals surface area contributed by atoms with Crippen LogP contribution >= 0.6 is 12.4 Å². The number of carbonyl (C=O) groups is 1. The molecule has 0 radical (unpaired) electrons. The van der Waals surface area contributed by atoms with Gasteiger partial charge in [-0.05, 0) is 37.5 Å². The summed E-state index contributed by atoms with van der Waals surface area (Å²) in [5.74, 6) is -0.171. The van der Waals surface area contributed by atoms with E-state index in [9.17, 15) is 4.79 Å². The van der Waals surface area contributed by atoms with Crippen LogP contribution in [0.1, 0.15) is 44.6 Å². The second-order valence-corrected chi connectivity index (χ2v) is 5.55. The highest BCUT2D eigenvalue weighted by molar-refractivity contribution is 5.94. The molecule has 0 heterocycles. The van der Waals surface area contributed by atoms with Gasteiger partial charge in [0.05, 0.1) is 18.8 Å². The molecule has 1 aliphatic carbocycles. The lowest BCUT2D eigenvalue weighted by Gasteiger charge is -2.22. The summed E-state index contributed by atoms with van der Waals surface area (Å²) in [4.78, 5) is 11.6. The third-order valence-electron chi connectivity index (χ3n) is 3.65. The Morgan fingerprint density at radius 2 is 2.10 bits per heavy atom. The predicted molar refractivity (Wildman–Crippen MR) is 87.6 cm³/mol. The smallest absolute Gasteiger partial charge is 0.240 e. The van der Waals surface area contributed by atoms with Crippen molar-refractivity contribution < 1.29 is 9.53 Å². The molecular weight excluding hydrogens is 288 g/mol. The van der Waals surface area contributed by atoms with E-state index in [2.05, 4.69) is 5.32 Å². The van der Waals surface area contributed by atoms with E-state index in [0.29, 0.717) is 12.7 Å². The topological polar surface area (TPSA) is 64.4 Å². The van der Waals surface area contributed by atoms with E-state index in [0.717, 1.165) is 11.3 Å². The van der Waals surface area contributed by atoms with Crippen LogP contribution in [0, 0.1) is 0 Å². The number of rotatable bonds is 5. The number of halogens is 1. The molecule has 0 aromatic heterocycles. The van der Waals surface area contributed by atoms with Crippen LogP contribution in [0.4, 0.5) is 5.69 Å². The van der Waals surface area contributed by atoms with Gasteiger partial charge < -0.3 is 15.8 Å². The van der Waals surface area contributed by atoms with Crippen molar-refractivity contribution in [1.82, 2.24) is 0 Å². The molecule has 1 aromatic carbocycles. The van der Waals surface area contributed by atoms with E-state index in [-0.39, 0.29) is 18.3 Å². The minimum atomic E-state index is -0.503. The van der Waals surface area contributed by atoms with Crippen molar-refractivity contribution in [3.8, 4) is 0 Å². The predicted octanol–water partition coefficient (Wildman–Crippen LogP) is 3.24. The zero-order valence-electron chi connectivity index (χ0n) is 12.5. The highest BCUT2D eigenvalue weighted by Crippen LogP contribution is 2.22. The lowest BCUT2D eigenvalue weighted by atomic mass is 9.98. The third kappa shape index (κ3) is 6.04. The Kier molecular flexibility index (Phi) is 7.72. The van der Waals surface area contributed by atoms with Gasteiger partial charge >= 0.3 is 0 Å². The molecule has 0 bridgehead atoms. The molecule has 0 unspecified atom stereocenters. The molecule has 1 amide bonds. The molecule has 1 aromatic rings. The molecule has 0 spiro atoms. The van der Waals surface area contributed by atoms with Crippen LogP contribution in [0.3, 0.4) is 0 Å². The molecule has 1 fully saturated rings. The summed E-state index contributed by atoms with van der Waals surface area (Å²) in [5.41, 5.74) is 7.40. The number of amides is 1. The molecule has 4 nitrogen and oxygen atoms in total. The number of carbonyl (C=O) groups excluding carboxylic acids is 1. The second-order valence-electron chi connectivity index (χ2n) is 5.55. The van der Waals surface area contributed by atoms with Gasteiger partial charge in [0.2, 0.25) is 5.91 Å². The lowest BCUT2D eigenvalue weighted by molar-refractivity contribution is -0.117. The average molecular weight is 313 g/mol. The van der Waals surface area contributed by atoms with Crippen molar-refractivity contribution >= 4 is 24.0 Å². The summed E-state index contributed by atoms with van der Waals surface area (Å²) in [6.45, 7) is 2.28. The Labute approximate surface area is 132 Å². The summed E-state index contributed by atoms with van der Waals surface area (Å²) in [5, 5.41) is 2.80. The average Bonchev–Trinajstić information content (AvgIpc) is 2.46. The first-order chi connectivity index (χ1) is 9.65. The van der Waals surface area contributed by atoms with Crippen LogP contribution in [0.15, 0.2) is 24.3 Å². The SMILES string of the molecule is C[C@H](N)C(=O)Nc1cccc(COC2CCCCC2)c1.Cl. The Morgan fingerprint density at radius 3 is 2.76 bits per heavy atom. The molecule has 0 saturated heterocycles. The summed E-state index contributed by atoms with van der Waals surface area (Å²) in [6, 6.07) is 7.26. The minimum Gasteiger partial charge on any atom is -0.374 e. The Balaban J connectivity index is 0.00000220. The first-order valence-corrected chi connectivity index (χ1v) is 7.42. The third-order valence-corrected chi connectivity index (χ3v) is 3.65. The lowest BCUT2D eigenvalue weighted by Crippen LogP contribution is -2.32. The van der Waals surface area contributed by atoms with Gasteiger partial charge in [-0.1, -0.05) is 31.4 Å². The molecule has 2 rings (SSSR count). The van der Waals surface area contributed by atoms with Gasteiger partial charge in [0.1, 0.15) is 0 Å². The highest BCUT2D eigenvalue weighted by atomic mass is 35.5. The summed E-state index contributed by atoms with van der Waals surface area (Å²) >= 11 is 0. The fourth-order valence-electron chi connectivity index (χ4n) is 2.44. The molecule has 21 heavy (non-hydrogen) atoms.